The van der Waals surface area contributed by atoms with Gasteiger partial charge in [-0.25, -0.2) is 9.97 Å². The maximum atomic E-state index is 4.65. The van der Waals surface area contributed by atoms with E-state index < -0.39 is 0 Å². The fourth-order valence-corrected chi connectivity index (χ4v) is 2.63. The third-order valence-corrected chi connectivity index (χ3v) is 4.27. The second kappa shape index (κ2) is 5.01. The molecule has 0 radical (unpaired) electrons. The summed E-state index contributed by atoms with van der Waals surface area (Å²) in [6.45, 7) is 3.06. The van der Waals surface area contributed by atoms with E-state index in [2.05, 4.69) is 39.3 Å². The molecule has 2 aromatic heterocycles. The fourth-order valence-electron chi connectivity index (χ4n) is 2.63. The third kappa shape index (κ3) is 2.35. The van der Waals surface area contributed by atoms with E-state index in [1.807, 2.05) is 20.3 Å². The van der Waals surface area contributed by atoms with Crippen LogP contribution >= 0.6 is 0 Å². The minimum Gasteiger partial charge on any atom is -0.372 e. The Labute approximate surface area is 119 Å². The quantitative estimate of drug-likeness (QED) is 0.898. The lowest BCUT2D eigenvalue weighted by atomic mass is 10.2. The van der Waals surface area contributed by atoms with Crippen molar-refractivity contribution in [1.82, 2.24) is 24.6 Å². The van der Waals surface area contributed by atoms with Crippen molar-refractivity contribution in [3.63, 3.8) is 0 Å². The molecule has 2 heterocycles. The maximum absolute atomic E-state index is 4.65. The lowest BCUT2D eigenvalue weighted by molar-refractivity contribution is 0.221. The van der Waals surface area contributed by atoms with Gasteiger partial charge >= 0.3 is 0 Å². The Morgan fingerprint density at radius 2 is 2.20 bits per heavy atom. The molecule has 20 heavy (non-hydrogen) atoms. The van der Waals surface area contributed by atoms with Gasteiger partial charge in [-0.2, -0.15) is 5.10 Å². The number of nitrogens with one attached hydrogen (secondary N) is 1. The van der Waals surface area contributed by atoms with Gasteiger partial charge in [0.1, 0.15) is 11.6 Å². The highest BCUT2D eigenvalue weighted by Crippen LogP contribution is 2.35. The highest BCUT2D eigenvalue weighted by atomic mass is 15.3. The number of fused-ring (bicyclic) bond motifs is 1. The lowest BCUT2D eigenvalue weighted by Gasteiger charge is -2.23. The average Bonchev–Trinajstić information content (AvgIpc) is 3.22. The van der Waals surface area contributed by atoms with Crippen LogP contribution in [0, 0.1) is 5.92 Å². The number of aromatic nitrogens is 4. The van der Waals surface area contributed by atoms with E-state index in [9.17, 15) is 0 Å². The van der Waals surface area contributed by atoms with Crippen molar-refractivity contribution in [3.8, 4) is 0 Å². The zero-order valence-corrected chi connectivity index (χ0v) is 12.6. The molecule has 1 aliphatic carbocycles. The maximum Gasteiger partial charge on any atom is 0.163 e. The second-order valence-corrected chi connectivity index (χ2v) is 5.74. The molecule has 1 atom stereocenters. The van der Waals surface area contributed by atoms with Crippen molar-refractivity contribution in [2.45, 2.75) is 32.4 Å². The van der Waals surface area contributed by atoms with Crippen molar-refractivity contribution in [1.29, 1.82) is 0 Å². The van der Waals surface area contributed by atoms with Crippen LogP contribution in [-0.2, 0) is 13.6 Å². The van der Waals surface area contributed by atoms with Crippen LogP contribution < -0.4 is 5.32 Å². The zero-order valence-electron chi connectivity index (χ0n) is 12.6. The van der Waals surface area contributed by atoms with Crippen LogP contribution in [0.1, 0.15) is 25.6 Å². The molecule has 6 nitrogen and oxygen atoms in total. The SMILES string of the molecule is CNc1nc(CN(C)C(C)C2CC2)nc2c1cnn2C. The van der Waals surface area contributed by atoms with Gasteiger partial charge in [0.05, 0.1) is 18.1 Å². The Morgan fingerprint density at radius 1 is 1.45 bits per heavy atom. The molecule has 0 aromatic carbocycles. The molecule has 1 N–H and O–H groups in total. The van der Waals surface area contributed by atoms with Gasteiger partial charge in [0.15, 0.2) is 5.65 Å². The summed E-state index contributed by atoms with van der Waals surface area (Å²) in [5.74, 6) is 2.55. The van der Waals surface area contributed by atoms with Crippen LogP contribution in [0.5, 0.6) is 0 Å². The summed E-state index contributed by atoms with van der Waals surface area (Å²) in [4.78, 5) is 11.6. The summed E-state index contributed by atoms with van der Waals surface area (Å²) in [5.41, 5.74) is 0.881. The molecule has 1 aliphatic rings. The van der Waals surface area contributed by atoms with E-state index in [1.54, 1.807) is 4.68 Å². The first-order valence-electron chi connectivity index (χ1n) is 7.16. The number of rotatable bonds is 5. The zero-order chi connectivity index (χ0) is 14.3. The van der Waals surface area contributed by atoms with Crippen LogP contribution in [-0.4, -0.2) is 44.8 Å². The van der Waals surface area contributed by atoms with Crippen molar-refractivity contribution in [3.05, 3.63) is 12.0 Å². The molecule has 108 valence electrons. The van der Waals surface area contributed by atoms with Gasteiger partial charge in [-0.3, -0.25) is 9.58 Å². The van der Waals surface area contributed by atoms with Gasteiger partial charge < -0.3 is 5.32 Å². The Bertz CT molecular complexity index is 615. The molecule has 1 fully saturated rings. The van der Waals surface area contributed by atoms with Gasteiger partial charge in [0, 0.05) is 20.1 Å². The summed E-state index contributed by atoms with van der Waals surface area (Å²) in [6, 6.07) is 0.596. The van der Waals surface area contributed by atoms with Crippen molar-refractivity contribution >= 4 is 16.9 Å². The van der Waals surface area contributed by atoms with Gasteiger partial charge in [-0.1, -0.05) is 0 Å². The molecule has 6 heteroatoms. The van der Waals surface area contributed by atoms with E-state index in [0.29, 0.717) is 6.04 Å². The molecule has 0 saturated heterocycles. The summed E-state index contributed by atoms with van der Waals surface area (Å²) in [7, 11) is 5.95. The molecule has 0 spiro atoms. The van der Waals surface area contributed by atoms with Crippen molar-refractivity contribution in [2.24, 2.45) is 13.0 Å². The Kier molecular flexibility index (Phi) is 3.33. The molecular formula is C14H22N6. The Hall–Kier alpha value is -1.69. The van der Waals surface area contributed by atoms with Gasteiger partial charge in [0.2, 0.25) is 0 Å². The van der Waals surface area contributed by atoms with E-state index in [0.717, 1.165) is 35.1 Å². The minimum absolute atomic E-state index is 0.596. The molecule has 1 unspecified atom stereocenters. The molecule has 0 aliphatic heterocycles. The third-order valence-electron chi connectivity index (χ3n) is 4.27. The molecule has 2 aromatic rings. The number of aryl methyl sites for hydroxylation is 1. The number of hydrogen-bond acceptors (Lipinski definition) is 5. The van der Waals surface area contributed by atoms with Crippen LogP contribution in [0.3, 0.4) is 0 Å². The fraction of sp³-hybridized carbons (Fsp3) is 0.643. The average molecular weight is 274 g/mol. The highest BCUT2D eigenvalue weighted by molar-refractivity contribution is 5.86. The normalized spacial score (nSPS) is 16.9. The van der Waals surface area contributed by atoms with Crippen LogP contribution in [0.2, 0.25) is 0 Å². The second-order valence-electron chi connectivity index (χ2n) is 5.74. The largest absolute Gasteiger partial charge is 0.372 e. The molecule has 0 amide bonds. The van der Waals surface area contributed by atoms with Gasteiger partial charge in [0.25, 0.3) is 0 Å². The summed E-state index contributed by atoms with van der Waals surface area (Å²) < 4.78 is 1.80. The van der Waals surface area contributed by atoms with Crippen molar-refractivity contribution < 1.29 is 0 Å². The Balaban J connectivity index is 1.88. The highest BCUT2D eigenvalue weighted by Gasteiger charge is 2.30. The van der Waals surface area contributed by atoms with E-state index in [4.69, 9.17) is 0 Å². The first-order valence-corrected chi connectivity index (χ1v) is 7.16. The summed E-state index contributed by atoms with van der Waals surface area (Å²) in [5, 5.41) is 8.37. The molecular weight excluding hydrogens is 252 g/mol. The van der Waals surface area contributed by atoms with Gasteiger partial charge in [-0.15, -0.1) is 0 Å². The Morgan fingerprint density at radius 3 is 2.85 bits per heavy atom. The van der Waals surface area contributed by atoms with Crippen LogP contribution in [0.4, 0.5) is 5.82 Å². The topological polar surface area (TPSA) is 58.9 Å². The lowest BCUT2D eigenvalue weighted by Crippen LogP contribution is -2.31. The van der Waals surface area contributed by atoms with Crippen molar-refractivity contribution in [2.75, 3.05) is 19.4 Å². The first-order chi connectivity index (χ1) is 9.60. The predicted octanol–water partition coefficient (Wildman–Crippen LogP) is 1.64. The van der Waals surface area contributed by atoms with E-state index in [1.165, 1.54) is 12.8 Å². The number of hydrogen-bond donors (Lipinski definition) is 1. The smallest absolute Gasteiger partial charge is 0.163 e. The number of anilines is 1. The minimum atomic E-state index is 0.596. The van der Waals surface area contributed by atoms with E-state index in [-0.39, 0.29) is 0 Å². The summed E-state index contributed by atoms with van der Waals surface area (Å²) in [6.07, 6.45) is 4.52. The molecule has 3 rings (SSSR count). The van der Waals surface area contributed by atoms with Gasteiger partial charge in [-0.05, 0) is 32.7 Å². The van der Waals surface area contributed by atoms with E-state index >= 15 is 0 Å². The standard InChI is InChI=1S/C14H22N6/c1-9(10-5-6-10)19(3)8-12-17-13(15-2)11-7-16-20(4)14(11)18-12/h7,9-10H,5-6,8H2,1-4H3,(H,15,17,18). The predicted molar refractivity (Wildman–Crippen MR) is 79.5 cm³/mol. The number of nitrogens with zero attached hydrogens (tertiary/aromatic N) is 5. The first kappa shape index (κ1) is 13.3. The van der Waals surface area contributed by atoms with Crippen LogP contribution in [0.25, 0.3) is 11.0 Å². The monoisotopic (exact) mass is 274 g/mol. The van der Waals surface area contributed by atoms with Crippen LogP contribution in [0.15, 0.2) is 6.20 Å². The molecule has 1 saturated carbocycles. The molecule has 0 bridgehead atoms. The summed E-state index contributed by atoms with van der Waals surface area (Å²) >= 11 is 0.